The summed E-state index contributed by atoms with van der Waals surface area (Å²) in [5.74, 6) is 2.55. The molecule has 2 atom stereocenters. The van der Waals surface area contributed by atoms with E-state index in [0.717, 1.165) is 48.7 Å². The summed E-state index contributed by atoms with van der Waals surface area (Å²) in [6, 6.07) is 0. The highest BCUT2D eigenvalue weighted by Gasteiger charge is 2.22. The molecule has 2 aliphatic carbocycles. The van der Waals surface area contributed by atoms with Crippen molar-refractivity contribution in [2.24, 2.45) is 5.92 Å². The molecule has 2 heterocycles. The smallest absolute Gasteiger partial charge is 0.306 e. The van der Waals surface area contributed by atoms with Gasteiger partial charge < -0.3 is 9.72 Å². The van der Waals surface area contributed by atoms with Gasteiger partial charge in [0.2, 0.25) is 0 Å². The quantitative estimate of drug-likeness (QED) is 0.574. The van der Waals surface area contributed by atoms with E-state index >= 15 is 0 Å². The van der Waals surface area contributed by atoms with Crippen molar-refractivity contribution in [2.75, 3.05) is 5.75 Å². The van der Waals surface area contributed by atoms with E-state index in [4.69, 9.17) is 4.74 Å². The van der Waals surface area contributed by atoms with Gasteiger partial charge in [0, 0.05) is 10.6 Å². The van der Waals surface area contributed by atoms with E-state index < -0.39 is 0 Å². The number of esters is 1. The Kier molecular flexibility index (Phi) is 5.88. The molecule has 1 fully saturated rings. The monoisotopic (exact) mass is 406 g/mol. The minimum absolute atomic E-state index is 0.0131. The predicted octanol–water partition coefficient (Wildman–Crippen LogP) is 4.22. The number of thioether (sulfide) groups is 1. The van der Waals surface area contributed by atoms with E-state index in [0.29, 0.717) is 29.7 Å². The van der Waals surface area contributed by atoms with E-state index in [1.165, 1.54) is 16.9 Å². The van der Waals surface area contributed by atoms with Gasteiger partial charge in [-0.05, 0) is 50.0 Å². The highest BCUT2D eigenvalue weighted by atomic mass is 32.2. The molecule has 4 rings (SSSR count). The third-order valence-corrected chi connectivity index (χ3v) is 7.66. The number of carbonyl (C=O) groups excluding carboxylic acids is 1. The number of ether oxygens (including phenoxy) is 1. The molecule has 5 nitrogen and oxygen atoms in total. The lowest BCUT2D eigenvalue weighted by atomic mass is 9.89. The summed E-state index contributed by atoms with van der Waals surface area (Å²) in [5.41, 5.74) is 1.20. The van der Waals surface area contributed by atoms with Crippen LogP contribution in [0.5, 0.6) is 0 Å². The zero-order valence-electron chi connectivity index (χ0n) is 15.7. The van der Waals surface area contributed by atoms with E-state index in [2.05, 4.69) is 16.9 Å². The fourth-order valence-corrected chi connectivity index (χ4v) is 6.24. The molecule has 0 saturated heterocycles. The van der Waals surface area contributed by atoms with Crippen molar-refractivity contribution in [3.05, 3.63) is 26.6 Å². The lowest BCUT2D eigenvalue weighted by Gasteiger charge is -2.26. The number of thiophene rings is 1. The van der Waals surface area contributed by atoms with Crippen LogP contribution in [0.4, 0.5) is 0 Å². The normalized spacial score (nSPS) is 22.1. The first-order valence-corrected chi connectivity index (χ1v) is 11.9. The highest BCUT2D eigenvalue weighted by Crippen LogP contribution is 2.34. The summed E-state index contributed by atoms with van der Waals surface area (Å²) in [6.45, 7) is 2.22. The Bertz CT molecular complexity index is 889. The molecule has 0 aliphatic heterocycles. The number of H-pyrrole nitrogens is 1. The summed E-state index contributed by atoms with van der Waals surface area (Å²) in [7, 11) is 0. The third-order valence-electron chi connectivity index (χ3n) is 5.50. The molecule has 2 aliphatic rings. The van der Waals surface area contributed by atoms with Gasteiger partial charge in [0.15, 0.2) is 0 Å². The number of aromatic amines is 1. The highest BCUT2D eigenvalue weighted by molar-refractivity contribution is 7.98. The van der Waals surface area contributed by atoms with Gasteiger partial charge in [-0.1, -0.05) is 13.3 Å². The maximum atomic E-state index is 12.4. The van der Waals surface area contributed by atoms with Crippen molar-refractivity contribution in [1.29, 1.82) is 0 Å². The number of rotatable bonds is 6. The Hall–Kier alpha value is -1.34. The molecule has 2 aromatic heterocycles. The molecule has 2 aromatic rings. The van der Waals surface area contributed by atoms with Crippen molar-refractivity contribution in [2.45, 2.75) is 70.1 Å². The molecular weight excluding hydrogens is 380 g/mol. The molecule has 1 saturated carbocycles. The molecule has 2 unspecified atom stereocenters. The molecule has 0 amide bonds. The van der Waals surface area contributed by atoms with Crippen LogP contribution in [0.15, 0.2) is 4.79 Å². The molecule has 1 N–H and O–H groups in total. The van der Waals surface area contributed by atoms with Gasteiger partial charge in [-0.25, -0.2) is 4.98 Å². The number of hydrogen-bond acceptors (Lipinski definition) is 6. The number of aryl methyl sites for hydroxylation is 2. The third kappa shape index (κ3) is 4.40. The van der Waals surface area contributed by atoms with Crippen molar-refractivity contribution in [3.63, 3.8) is 0 Å². The predicted molar refractivity (Wildman–Crippen MR) is 111 cm³/mol. The fourth-order valence-electron chi connectivity index (χ4n) is 4.17. The first-order valence-electron chi connectivity index (χ1n) is 9.91. The van der Waals surface area contributed by atoms with Gasteiger partial charge in [-0.3, -0.25) is 9.59 Å². The topological polar surface area (TPSA) is 72.0 Å². The van der Waals surface area contributed by atoms with Crippen molar-refractivity contribution in [3.8, 4) is 0 Å². The molecular formula is C20H26N2O3S2. The SMILES string of the molecule is CC1CCCC(OC(=O)CCSCc2nc3sc4c(c3c(=O)[nH]2)CCC4)C1. The zero-order chi connectivity index (χ0) is 18.8. The van der Waals surface area contributed by atoms with Crippen LogP contribution < -0.4 is 5.56 Å². The average Bonchev–Trinajstić information content (AvgIpc) is 3.19. The summed E-state index contributed by atoms with van der Waals surface area (Å²) in [5, 5.41) is 0.798. The van der Waals surface area contributed by atoms with Crippen molar-refractivity contribution >= 4 is 39.3 Å². The first kappa shape index (κ1) is 19.0. The lowest BCUT2D eigenvalue weighted by Crippen LogP contribution is -2.24. The van der Waals surface area contributed by atoms with Crippen LogP contribution in [0.25, 0.3) is 10.2 Å². The van der Waals surface area contributed by atoms with E-state index in [1.807, 2.05) is 0 Å². The zero-order valence-corrected chi connectivity index (χ0v) is 17.3. The fraction of sp³-hybridized carbons (Fsp3) is 0.650. The van der Waals surface area contributed by atoms with Gasteiger partial charge in [0.1, 0.15) is 16.8 Å². The summed E-state index contributed by atoms with van der Waals surface area (Å²) < 4.78 is 5.60. The second-order valence-corrected chi connectivity index (χ2v) is 9.93. The summed E-state index contributed by atoms with van der Waals surface area (Å²) >= 11 is 3.28. The van der Waals surface area contributed by atoms with Crippen LogP contribution in [-0.4, -0.2) is 27.8 Å². The Labute approximate surface area is 167 Å². The van der Waals surface area contributed by atoms with Crippen LogP contribution in [0.2, 0.25) is 0 Å². The van der Waals surface area contributed by atoms with Crippen LogP contribution in [0.3, 0.4) is 0 Å². The summed E-state index contributed by atoms with van der Waals surface area (Å²) in [6.07, 6.45) is 8.12. The largest absolute Gasteiger partial charge is 0.462 e. The van der Waals surface area contributed by atoms with Gasteiger partial charge in [-0.2, -0.15) is 11.8 Å². The Morgan fingerprint density at radius 2 is 2.22 bits per heavy atom. The van der Waals surface area contributed by atoms with Gasteiger partial charge in [0.05, 0.1) is 17.6 Å². The van der Waals surface area contributed by atoms with Crippen molar-refractivity contribution < 1.29 is 9.53 Å². The van der Waals surface area contributed by atoms with Crippen LogP contribution >= 0.6 is 23.1 Å². The van der Waals surface area contributed by atoms with Crippen LogP contribution in [-0.2, 0) is 28.1 Å². The van der Waals surface area contributed by atoms with E-state index in [9.17, 15) is 9.59 Å². The number of hydrogen-bond donors (Lipinski definition) is 1. The summed E-state index contributed by atoms with van der Waals surface area (Å²) in [4.78, 5) is 34.2. The number of aromatic nitrogens is 2. The molecule has 0 bridgehead atoms. The average molecular weight is 407 g/mol. The number of nitrogens with zero attached hydrogens (tertiary/aromatic N) is 1. The molecule has 0 radical (unpaired) electrons. The van der Waals surface area contributed by atoms with E-state index in [-0.39, 0.29) is 17.6 Å². The number of nitrogens with one attached hydrogen (secondary N) is 1. The molecule has 0 spiro atoms. The Morgan fingerprint density at radius 3 is 3.07 bits per heavy atom. The number of fused-ring (bicyclic) bond motifs is 3. The molecule has 0 aromatic carbocycles. The van der Waals surface area contributed by atoms with Gasteiger partial charge >= 0.3 is 5.97 Å². The Balaban J connectivity index is 1.27. The standard InChI is InChI=1S/C20H26N2O3S2/c1-12-4-2-5-13(10-12)25-17(23)8-9-26-11-16-21-19(24)18-14-6-3-7-15(14)27-20(18)22-16/h12-13H,2-11H2,1H3,(H,21,22,24). The second-order valence-electron chi connectivity index (χ2n) is 7.74. The molecule has 146 valence electrons. The van der Waals surface area contributed by atoms with Crippen LogP contribution in [0, 0.1) is 5.92 Å². The number of carbonyl (C=O) groups is 1. The molecule has 27 heavy (non-hydrogen) atoms. The maximum absolute atomic E-state index is 12.4. The van der Waals surface area contributed by atoms with Crippen LogP contribution in [0.1, 0.15) is 61.7 Å². The molecule has 7 heteroatoms. The first-order chi connectivity index (χ1) is 13.1. The maximum Gasteiger partial charge on any atom is 0.306 e. The minimum Gasteiger partial charge on any atom is -0.462 e. The van der Waals surface area contributed by atoms with Crippen molar-refractivity contribution in [1.82, 2.24) is 9.97 Å². The lowest BCUT2D eigenvalue weighted by molar-refractivity contribution is -0.150. The minimum atomic E-state index is -0.104. The van der Waals surface area contributed by atoms with Gasteiger partial charge in [0.25, 0.3) is 5.56 Å². The van der Waals surface area contributed by atoms with E-state index in [1.54, 1.807) is 23.1 Å². The Morgan fingerprint density at radius 1 is 1.33 bits per heavy atom. The second kappa shape index (κ2) is 8.35. The van der Waals surface area contributed by atoms with Gasteiger partial charge in [-0.15, -0.1) is 11.3 Å².